The maximum Gasteiger partial charge on any atom is 0.181 e. The number of ether oxygens (including phenoxy) is 1. The lowest BCUT2D eigenvalue weighted by Gasteiger charge is -2.07. The molecule has 1 aliphatic heterocycles. The lowest BCUT2D eigenvalue weighted by Crippen LogP contribution is -2.10. The van der Waals surface area contributed by atoms with Crippen LogP contribution in [-0.2, 0) is 4.74 Å². The molecule has 2 heterocycles. The zero-order chi connectivity index (χ0) is 11.4. The van der Waals surface area contributed by atoms with E-state index < -0.39 is 0 Å². The van der Waals surface area contributed by atoms with Crippen molar-refractivity contribution >= 4 is 5.78 Å². The van der Waals surface area contributed by atoms with Crippen molar-refractivity contribution in [3.8, 4) is 0 Å². The smallest absolute Gasteiger partial charge is 0.181 e. The first-order valence-electron chi connectivity index (χ1n) is 5.84. The average Bonchev–Trinajstić information content (AvgIpc) is 2.78. The van der Waals surface area contributed by atoms with Crippen molar-refractivity contribution in [2.24, 2.45) is 0 Å². The second kappa shape index (κ2) is 5.21. The minimum absolute atomic E-state index is 0.124. The van der Waals surface area contributed by atoms with Crippen molar-refractivity contribution in [3.05, 3.63) is 29.6 Å². The number of pyridine rings is 1. The van der Waals surface area contributed by atoms with Gasteiger partial charge in [0.2, 0.25) is 0 Å². The predicted octanol–water partition coefficient (Wildman–Crippen LogP) is 2.53. The third kappa shape index (κ3) is 2.89. The molecule has 0 aliphatic carbocycles. The molecule has 0 amide bonds. The highest BCUT2D eigenvalue weighted by Gasteiger charge is 2.17. The van der Waals surface area contributed by atoms with Gasteiger partial charge in [-0.3, -0.25) is 9.78 Å². The Hall–Kier alpha value is -1.22. The van der Waals surface area contributed by atoms with Gasteiger partial charge in [-0.05, 0) is 38.3 Å². The van der Waals surface area contributed by atoms with E-state index in [1.165, 1.54) is 0 Å². The number of aromatic nitrogens is 1. The molecule has 0 aromatic carbocycles. The molecule has 1 unspecified atom stereocenters. The molecule has 1 saturated heterocycles. The lowest BCUT2D eigenvalue weighted by atomic mass is 10.1. The summed E-state index contributed by atoms with van der Waals surface area (Å²) < 4.78 is 5.49. The Labute approximate surface area is 95.8 Å². The summed E-state index contributed by atoms with van der Waals surface area (Å²) in [5, 5.41) is 0. The van der Waals surface area contributed by atoms with E-state index in [9.17, 15) is 4.79 Å². The van der Waals surface area contributed by atoms with Crippen LogP contribution in [0.25, 0.3) is 0 Å². The molecular formula is C13H17NO2. The molecular weight excluding hydrogens is 202 g/mol. The fourth-order valence-corrected chi connectivity index (χ4v) is 1.99. The molecule has 3 heteroatoms. The SMILES string of the molecule is Cc1cccc(C(=O)CCC2CCCO2)n1. The minimum Gasteiger partial charge on any atom is -0.378 e. The van der Waals surface area contributed by atoms with Gasteiger partial charge < -0.3 is 4.74 Å². The van der Waals surface area contributed by atoms with Gasteiger partial charge in [0.25, 0.3) is 0 Å². The van der Waals surface area contributed by atoms with Crippen LogP contribution in [0.3, 0.4) is 0 Å². The van der Waals surface area contributed by atoms with E-state index in [1.54, 1.807) is 6.07 Å². The average molecular weight is 219 g/mol. The molecule has 0 bridgehead atoms. The molecule has 0 spiro atoms. The summed E-state index contributed by atoms with van der Waals surface area (Å²) in [5.41, 5.74) is 1.47. The summed E-state index contributed by atoms with van der Waals surface area (Å²) >= 11 is 0. The fraction of sp³-hybridized carbons (Fsp3) is 0.538. The first-order valence-corrected chi connectivity index (χ1v) is 5.84. The van der Waals surface area contributed by atoms with E-state index in [-0.39, 0.29) is 11.9 Å². The fourth-order valence-electron chi connectivity index (χ4n) is 1.99. The quantitative estimate of drug-likeness (QED) is 0.730. The third-order valence-corrected chi connectivity index (χ3v) is 2.89. The summed E-state index contributed by atoms with van der Waals surface area (Å²) in [6.07, 6.45) is 3.87. The van der Waals surface area contributed by atoms with E-state index in [0.717, 1.165) is 31.6 Å². The summed E-state index contributed by atoms with van der Waals surface area (Å²) in [7, 11) is 0. The van der Waals surface area contributed by atoms with Gasteiger partial charge >= 0.3 is 0 Å². The van der Waals surface area contributed by atoms with Gasteiger partial charge in [0, 0.05) is 18.7 Å². The maximum atomic E-state index is 11.8. The van der Waals surface area contributed by atoms with Gasteiger partial charge in [-0.25, -0.2) is 0 Å². The number of Topliss-reactive ketones (excluding diaryl/α,β-unsaturated/α-hetero) is 1. The Morgan fingerprint density at radius 1 is 1.56 bits per heavy atom. The van der Waals surface area contributed by atoms with Gasteiger partial charge in [-0.2, -0.15) is 0 Å². The molecule has 3 nitrogen and oxygen atoms in total. The number of aryl methyl sites for hydroxylation is 1. The number of ketones is 1. The Morgan fingerprint density at radius 2 is 2.44 bits per heavy atom. The maximum absolute atomic E-state index is 11.8. The van der Waals surface area contributed by atoms with Crippen LogP contribution in [0.1, 0.15) is 41.9 Å². The van der Waals surface area contributed by atoms with Gasteiger partial charge in [0.05, 0.1) is 6.10 Å². The monoisotopic (exact) mass is 219 g/mol. The lowest BCUT2D eigenvalue weighted by molar-refractivity contribution is 0.0856. The highest BCUT2D eigenvalue weighted by atomic mass is 16.5. The van der Waals surface area contributed by atoms with Crippen LogP contribution in [0.15, 0.2) is 18.2 Å². The molecule has 1 aromatic rings. The second-order valence-electron chi connectivity index (χ2n) is 4.26. The Kier molecular flexibility index (Phi) is 3.67. The first kappa shape index (κ1) is 11.3. The van der Waals surface area contributed by atoms with E-state index in [4.69, 9.17) is 4.74 Å². The summed E-state index contributed by atoms with van der Waals surface area (Å²) in [5.74, 6) is 0.124. The first-order chi connectivity index (χ1) is 7.75. The Bertz CT molecular complexity index is 370. The van der Waals surface area contributed by atoms with Crippen LogP contribution in [0.4, 0.5) is 0 Å². The van der Waals surface area contributed by atoms with E-state index in [2.05, 4.69) is 4.98 Å². The number of nitrogens with zero attached hydrogens (tertiary/aromatic N) is 1. The topological polar surface area (TPSA) is 39.2 Å². The number of carbonyl (C=O) groups excluding carboxylic acids is 1. The zero-order valence-electron chi connectivity index (χ0n) is 9.61. The van der Waals surface area contributed by atoms with Crippen molar-refractivity contribution in [3.63, 3.8) is 0 Å². The van der Waals surface area contributed by atoms with Gasteiger partial charge in [-0.15, -0.1) is 0 Å². The highest BCUT2D eigenvalue weighted by Crippen LogP contribution is 2.17. The molecule has 1 aliphatic rings. The van der Waals surface area contributed by atoms with Crippen LogP contribution in [0.2, 0.25) is 0 Å². The molecule has 16 heavy (non-hydrogen) atoms. The number of hydrogen-bond acceptors (Lipinski definition) is 3. The predicted molar refractivity (Wildman–Crippen MR) is 61.5 cm³/mol. The third-order valence-electron chi connectivity index (χ3n) is 2.89. The molecule has 1 atom stereocenters. The van der Waals surface area contributed by atoms with Gasteiger partial charge in [0.1, 0.15) is 5.69 Å². The number of hydrogen-bond donors (Lipinski definition) is 0. The second-order valence-corrected chi connectivity index (χ2v) is 4.26. The molecule has 2 rings (SSSR count). The molecule has 0 N–H and O–H groups in total. The van der Waals surface area contributed by atoms with Crippen molar-refractivity contribution in [1.29, 1.82) is 0 Å². The molecule has 0 radical (unpaired) electrons. The van der Waals surface area contributed by atoms with Crippen molar-refractivity contribution < 1.29 is 9.53 Å². The van der Waals surface area contributed by atoms with Gasteiger partial charge in [0.15, 0.2) is 5.78 Å². The normalized spacial score (nSPS) is 19.9. The number of carbonyl (C=O) groups is 1. The summed E-state index contributed by atoms with van der Waals surface area (Å²) in [6.45, 7) is 2.75. The van der Waals surface area contributed by atoms with E-state index >= 15 is 0 Å². The van der Waals surface area contributed by atoms with E-state index in [1.807, 2.05) is 19.1 Å². The zero-order valence-corrected chi connectivity index (χ0v) is 9.61. The Morgan fingerprint density at radius 3 is 3.12 bits per heavy atom. The van der Waals surface area contributed by atoms with Gasteiger partial charge in [-0.1, -0.05) is 6.07 Å². The van der Waals surface area contributed by atoms with Crippen LogP contribution < -0.4 is 0 Å². The standard InChI is InChI=1S/C13H17NO2/c1-10-4-2-6-12(14-10)13(15)8-7-11-5-3-9-16-11/h2,4,6,11H,3,5,7-9H2,1H3. The van der Waals surface area contributed by atoms with Crippen LogP contribution in [-0.4, -0.2) is 23.5 Å². The largest absolute Gasteiger partial charge is 0.378 e. The molecule has 0 saturated carbocycles. The highest BCUT2D eigenvalue weighted by molar-refractivity contribution is 5.94. The summed E-state index contributed by atoms with van der Waals surface area (Å²) in [4.78, 5) is 16.1. The van der Waals surface area contributed by atoms with E-state index in [0.29, 0.717) is 12.1 Å². The molecule has 1 fully saturated rings. The van der Waals surface area contributed by atoms with Crippen LogP contribution in [0.5, 0.6) is 0 Å². The molecule has 86 valence electrons. The number of rotatable bonds is 4. The van der Waals surface area contributed by atoms with Crippen molar-refractivity contribution in [2.75, 3.05) is 6.61 Å². The van der Waals surface area contributed by atoms with Crippen molar-refractivity contribution in [1.82, 2.24) is 4.98 Å². The molecule has 1 aromatic heterocycles. The Balaban J connectivity index is 1.87. The summed E-state index contributed by atoms with van der Waals surface area (Å²) in [6, 6.07) is 5.56. The van der Waals surface area contributed by atoms with Crippen molar-refractivity contribution in [2.45, 2.75) is 38.7 Å². The minimum atomic E-state index is 0.124. The van der Waals surface area contributed by atoms with Crippen LogP contribution >= 0.6 is 0 Å². The van der Waals surface area contributed by atoms with Crippen LogP contribution in [0, 0.1) is 6.92 Å².